The van der Waals surface area contributed by atoms with E-state index in [1.807, 2.05) is 30.0 Å². The number of nitrogens with two attached hydrogens (primary N) is 1. The van der Waals surface area contributed by atoms with Crippen LogP contribution in [0.15, 0.2) is 18.2 Å². The van der Waals surface area contributed by atoms with Gasteiger partial charge < -0.3 is 10.5 Å². The second kappa shape index (κ2) is 7.41. The van der Waals surface area contributed by atoms with E-state index in [9.17, 15) is 0 Å². The van der Waals surface area contributed by atoms with Crippen LogP contribution >= 0.6 is 23.4 Å². The molecule has 1 aromatic carbocycles. The normalized spacial score (nSPS) is 17.6. The van der Waals surface area contributed by atoms with Gasteiger partial charge in [0.2, 0.25) is 0 Å². The fourth-order valence-corrected chi connectivity index (χ4v) is 4.06. The van der Waals surface area contributed by atoms with Gasteiger partial charge >= 0.3 is 0 Å². The molecular weight excluding hydrogens is 278 g/mol. The van der Waals surface area contributed by atoms with Crippen LogP contribution in [0, 0.1) is 0 Å². The maximum Gasteiger partial charge on any atom is 0.122 e. The molecule has 1 unspecified atom stereocenters. The molecule has 0 radical (unpaired) electrons. The van der Waals surface area contributed by atoms with Crippen molar-refractivity contribution in [3.63, 3.8) is 0 Å². The zero-order valence-electron chi connectivity index (χ0n) is 11.4. The second-order valence-corrected chi connectivity index (χ2v) is 6.93. The van der Waals surface area contributed by atoms with Gasteiger partial charge in [0.05, 0.1) is 7.11 Å². The molecule has 1 aliphatic carbocycles. The number of rotatable bonds is 6. The molecule has 2 rings (SSSR count). The molecule has 0 saturated heterocycles. The van der Waals surface area contributed by atoms with Gasteiger partial charge in [-0.3, -0.25) is 0 Å². The van der Waals surface area contributed by atoms with Crippen molar-refractivity contribution in [1.82, 2.24) is 0 Å². The fraction of sp³-hybridized carbons (Fsp3) is 0.600. The first kappa shape index (κ1) is 15.0. The van der Waals surface area contributed by atoms with Gasteiger partial charge in [-0.05, 0) is 43.0 Å². The number of ether oxygens (including phenoxy) is 1. The highest BCUT2D eigenvalue weighted by molar-refractivity contribution is 7.99. The first-order valence-electron chi connectivity index (χ1n) is 6.88. The minimum absolute atomic E-state index is 0.165. The van der Waals surface area contributed by atoms with Crippen molar-refractivity contribution in [2.45, 2.75) is 43.4 Å². The molecular formula is C15H22ClNOS. The quantitative estimate of drug-likeness (QED) is 0.865. The highest BCUT2D eigenvalue weighted by Crippen LogP contribution is 2.30. The van der Waals surface area contributed by atoms with E-state index in [2.05, 4.69) is 0 Å². The van der Waals surface area contributed by atoms with Crippen LogP contribution < -0.4 is 10.5 Å². The molecule has 1 aromatic rings. The van der Waals surface area contributed by atoms with Crippen LogP contribution in [0.4, 0.5) is 0 Å². The molecule has 0 bridgehead atoms. The summed E-state index contributed by atoms with van der Waals surface area (Å²) in [6.45, 7) is 0. The lowest BCUT2D eigenvalue weighted by molar-refractivity contribution is 0.408. The van der Waals surface area contributed by atoms with E-state index in [0.717, 1.165) is 33.8 Å². The molecule has 0 spiro atoms. The van der Waals surface area contributed by atoms with E-state index in [0.29, 0.717) is 0 Å². The Kier molecular flexibility index (Phi) is 5.86. The molecule has 1 aliphatic rings. The van der Waals surface area contributed by atoms with Crippen molar-refractivity contribution in [3.05, 3.63) is 28.8 Å². The Labute approximate surface area is 125 Å². The van der Waals surface area contributed by atoms with Gasteiger partial charge in [0.1, 0.15) is 5.75 Å². The summed E-state index contributed by atoms with van der Waals surface area (Å²) >= 11 is 8.07. The Balaban J connectivity index is 1.86. The standard InChI is InChI=1S/C15H22ClNOS/c1-18-15-7-6-12(16)8-11(15)9-13(17)10-19-14-4-2-3-5-14/h6-8,13-14H,2-5,9-10,17H2,1H3. The Morgan fingerprint density at radius 3 is 2.84 bits per heavy atom. The summed E-state index contributed by atoms with van der Waals surface area (Å²) in [5.74, 6) is 1.89. The first-order chi connectivity index (χ1) is 9.19. The molecule has 19 heavy (non-hydrogen) atoms. The Morgan fingerprint density at radius 2 is 2.16 bits per heavy atom. The number of thioether (sulfide) groups is 1. The molecule has 106 valence electrons. The topological polar surface area (TPSA) is 35.2 Å². The van der Waals surface area contributed by atoms with Gasteiger partial charge in [0.15, 0.2) is 0 Å². The third-order valence-corrected chi connectivity index (χ3v) is 5.37. The van der Waals surface area contributed by atoms with Crippen molar-refractivity contribution >= 4 is 23.4 Å². The third-order valence-electron chi connectivity index (χ3n) is 3.57. The lowest BCUT2D eigenvalue weighted by atomic mass is 10.1. The molecule has 2 nitrogen and oxygen atoms in total. The molecule has 1 fully saturated rings. The van der Waals surface area contributed by atoms with Crippen LogP contribution in [-0.4, -0.2) is 24.2 Å². The van der Waals surface area contributed by atoms with Crippen molar-refractivity contribution < 1.29 is 4.74 Å². The van der Waals surface area contributed by atoms with Gasteiger partial charge in [0.25, 0.3) is 0 Å². The number of halogens is 1. The largest absolute Gasteiger partial charge is 0.496 e. The predicted octanol–water partition coefficient (Wildman–Crippen LogP) is 3.89. The predicted molar refractivity (Wildman–Crippen MR) is 84.4 cm³/mol. The molecule has 1 atom stereocenters. The van der Waals surface area contributed by atoms with Gasteiger partial charge in [-0.15, -0.1) is 0 Å². The number of benzene rings is 1. The van der Waals surface area contributed by atoms with Gasteiger partial charge in [-0.1, -0.05) is 24.4 Å². The van der Waals surface area contributed by atoms with E-state index in [-0.39, 0.29) is 6.04 Å². The van der Waals surface area contributed by atoms with Gasteiger partial charge in [-0.25, -0.2) is 0 Å². The molecule has 2 N–H and O–H groups in total. The van der Waals surface area contributed by atoms with E-state index >= 15 is 0 Å². The van der Waals surface area contributed by atoms with Crippen LogP contribution in [0.2, 0.25) is 5.02 Å². The smallest absolute Gasteiger partial charge is 0.122 e. The third kappa shape index (κ3) is 4.59. The van der Waals surface area contributed by atoms with Crippen molar-refractivity contribution in [2.24, 2.45) is 5.73 Å². The number of hydrogen-bond acceptors (Lipinski definition) is 3. The summed E-state index contributed by atoms with van der Waals surface area (Å²) in [5.41, 5.74) is 7.34. The van der Waals surface area contributed by atoms with Crippen molar-refractivity contribution in [1.29, 1.82) is 0 Å². The van der Waals surface area contributed by atoms with Gasteiger partial charge in [-0.2, -0.15) is 11.8 Å². The minimum Gasteiger partial charge on any atom is -0.496 e. The highest BCUT2D eigenvalue weighted by Gasteiger charge is 2.17. The molecule has 0 aromatic heterocycles. The molecule has 0 aliphatic heterocycles. The Bertz CT molecular complexity index is 407. The van der Waals surface area contributed by atoms with Crippen molar-refractivity contribution in [3.8, 4) is 5.75 Å². The van der Waals surface area contributed by atoms with E-state index in [1.54, 1.807) is 7.11 Å². The summed E-state index contributed by atoms with van der Waals surface area (Å²) in [4.78, 5) is 0. The summed E-state index contributed by atoms with van der Waals surface area (Å²) in [6, 6.07) is 5.88. The lowest BCUT2D eigenvalue weighted by Crippen LogP contribution is -2.26. The monoisotopic (exact) mass is 299 g/mol. The maximum absolute atomic E-state index is 6.24. The van der Waals surface area contributed by atoms with Crippen LogP contribution in [0.3, 0.4) is 0 Å². The van der Waals surface area contributed by atoms with Gasteiger partial charge in [0, 0.05) is 22.1 Å². The fourth-order valence-electron chi connectivity index (χ4n) is 2.56. The van der Waals surface area contributed by atoms with Crippen LogP contribution in [0.25, 0.3) is 0 Å². The van der Waals surface area contributed by atoms with E-state index < -0.39 is 0 Å². The number of hydrogen-bond donors (Lipinski definition) is 1. The molecule has 1 saturated carbocycles. The summed E-state index contributed by atoms with van der Waals surface area (Å²) in [7, 11) is 1.69. The average molecular weight is 300 g/mol. The summed E-state index contributed by atoms with van der Waals surface area (Å²) in [6.07, 6.45) is 6.31. The number of methoxy groups -OCH3 is 1. The SMILES string of the molecule is COc1ccc(Cl)cc1CC(N)CSC1CCCC1. The molecule has 0 heterocycles. The Hall–Kier alpha value is -0.380. The maximum atomic E-state index is 6.24. The zero-order valence-corrected chi connectivity index (χ0v) is 13.0. The first-order valence-corrected chi connectivity index (χ1v) is 8.31. The summed E-state index contributed by atoms with van der Waals surface area (Å²) in [5, 5.41) is 1.57. The second-order valence-electron chi connectivity index (χ2n) is 5.16. The van der Waals surface area contributed by atoms with Crippen LogP contribution in [0.1, 0.15) is 31.2 Å². The molecule has 0 amide bonds. The van der Waals surface area contributed by atoms with E-state index in [1.165, 1.54) is 25.7 Å². The Morgan fingerprint density at radius 1 is 1.42 bits per heavy atom. The van der Waals surface area contributed by atoms with Crippen molar-refractivity contribution in [2.75, 3.05) is 12.9 Å². The summed E-state index contributed by atoms with van der Waals surface area (Å²) < 4.78 is 5.36. The van der Waals surface area contributed by atoms with E-state index in [4.69, 9.17) is 22.1 Å². The van der Waals surface area contributed by atoms with Crippen LogP contribution in [0.5, 0.6) is 5.75 Å². The average Bonchev–Trinajstić information content (AvgIpc) is 2.90. The highest BCUT2D eigenvalue weighted by atomic mass is 35.5. The lowest BCUT2D eigenvalue weighted by Gasteiger charge is -2.16. The minimum atomic E-state index is 0.165. The molecule has 4 heteroatoms. The zero-order chi connectivity index (χ0) is 13.7. The van der Waals surface area contributed by atoms with Crippen LogP contribution in [-0.2, 0) is 6.42 Å².